The van der Waals surface area contributed by atoms with E-state index in [0.29, 0.717) is 41.1 Å². The van der Waals surface area contributed by atoms with Crippen LogP contribution in [-0.2, 0) is 28.0 Å². The van der Waals surface area contributed by atoms with Gasteiger partial charge in [0, 0.05) is 23.9 Å². The lowest BCUT2D eigenvalue weighted by Gasteiger charge is -2.25. The number of nitrogens with one attached hydrogen (secondary N) is 2. The number of aromatic nitrogens is 2. The molecule has 35 heavy (non-hydrogen) atoms. The molecule has 184 valence electrons. The number of esters is 1. The lowest BCUT2D eigenvalue weighted by atomic mass is 9.97. The Kier molecular flexibility index (Phi) is 7.27. The van der Waals surface area contributed by atoms with Crippen LogP contribution in [0.2, 0.25) is 0 Å². The number of thiocarbonyl (C=S) groups is 1. The highest BCUT2D eigenvalue weighted by Gasteiger charge is 2.42. The molecule has 0 amide bonds. The summed E-state index contributed by atoms with van der Waals surface area (Å²) in [5, 5.41) is 20.9. The van der Waals surface area contributed by atoms with Crippen LogP contribution in [0.25, 0.3) is 11.1 Å². The molecule has 2 heterocycles. The monoisotopic (exact) mass is 500 g/mol. The van der Waals surface area contributed by atoms with Gasteiger partial charge in [-0.1, -0.05) is 5.16 Å². The second-order valence-corrected chi connectivity index (χ2v) is 8.36. The number of fused-ring (bicyclic) bond motifs is 1. The fraction of sp³-hybridized carbons (Fsp3) is 0.333. The van der Waals surface area contributed by atoms with Gasteiger partial charge in [-0.05, 0) is 67.2 Å². The van der Waals surface area contributed by atoms with E-state index in [1.807, 2.05) is 0 Å². The van der Waals surface area contributed by atoms with Gasteiger partial charge in [0.25, 0.3) is 0 Å². The van der Waals surface area contributed by atoms with E-state index in [1.54, 1.807) is 25.3 Å². The SMILES string of the molecule is CCOC(=O)C(O)(CNC(=S)Nc1c(-c2ccnc(OC)c2)cc(F)c2c1CCC2)c1ccon1. The average Bonchev–Trinajstić information content (AvgIpc) is 3.57. The number of aliphatic hydroxyl groups is 1. The maximum Gasteiger partial charge on any atom is 0.346 e. The van der Waals surface area contributed by atoms with Crippen molar-refractivity contribution >= 4 is 29.0 Å². The van der Waals surface area contributed by atoms with Gasteiger partial charge in [0.1, 0.15) is 17.8 Å². The predicted molar refractivity (Wildman–Crippen MR) is 129 cm³/mol. The highest BCUT2D eigenvalue weighted by Crippen LogP contribution is 2.39. The summed E-state index contributed by atoms with van der Waals surface area (Å²) in [4.78, 5) is 16.6. The van der Waals surface area contributed by atoms with Crippen LogP contribution < -0.4 is 15.4 Å². The Morgan fingerprint density at radius 3 is 2.83 bits per heavy atom. The highest BCUT2D eigenvalue weighted by molar-refractivity contribution is 7.80. The number of anilines is 1. The zero-order valence-electron chi connectivity index (χ0n) is 19.3. The topological polar surface area (TPSA) is 119 Å². The number of carbonyl (C=O) groups is 1. The van der Waals surface area contributed by atoms with E-state index in [9.17, 15) is 14.3 Å². The molecule has 0 saturated heterocycles. The van der Waals surface area contributed by atoms with Crippen LogP contribution in [0.4, 0.5) is 10.1 Å². The first-order valence-electron chi connectivity index (χ1n) is 11.1. The Morgan fingerprint density at radius 2 is 2.11 bits per heavy atom. The Bertz CT molecular complexity index is 1240. The number of ether oxygens (including phenoxy) is 2. The Hall–Kier alpha value is -3.57. The van der Waals surface area contributed by atoms with Crippen molar-refractivity contribution in [2.45, 2.75) is 31.8 Å². The third-order valence-electron chi connectivity index (χ3n) is 5.82. The first-order valence-corrected chi connectivity index (χ1v) is 11.5. The van der Waals surface area contributed by atoms with Gasteiger partial charge in [0.2, 0.25) is 11.5 Å². The Labute approximate surface area is 206 Å². The molecule has 1 aliphatic carbocycles. The summed E-state index contributed by atoms with van der Waals surface area (Å²) in [7, 11) is 1.51. The molecule has 2 aromatic heterocycles. The van der Waals surface area contributed by atoms with Gasteiger partial charge < -0.3 is 29.7 Å². The molecule has 0 spiro atoms. The van der Waals surface area contributed by atoms with Gasteiger partial charge in [-0.3, -0.25) is 0 Å². The van der Waals surface area contributed by atoms with Gasteiger partial charge in [-0.25, -0.2) is 14.2 Å². The molecule has 3 N–H and O–H groups in total. The molecule has 0 fully saturated rings. The molecule has 0 aliphatic heterocycles. The number of nitrogens with zero attached hydrogens (tertiary/aromatic N) is 2. The summed E-state index contributed by atoms with van der Waals surface area (Å²) in [6, 6.07) is 6.30. The summed E-state index contributed by atoms with van der Waals surface area (Å²) < 4.78 is 30.0. The predicted octanol–water partition coefficient (Wildman–Crippen LogP) is 3.11. The molecule has 11 heteroatoms. The second-order valence-electron chi connectivity index (χ2n) is 7.95. The number of hydrogen-bond acceptors (Lipinski definition) is 8. The summed E-state index contributed by atoms with van der Waals surface area (Å²) in [5.74, 6) is -0.783. The minimum absolute atomic E-state index is 0.0153. The van der Waals surface area contributed by atoms with Crippen molar-refractivity contribution in [2.24, 2.45) is 0 Å². The quantitative estimate of drug-likeness (QED) is 0.314. The minimum atomic E-state index is -2.12. The van der Waals surface area contributed by atoms with Crippen LogP contribution in [0.15, 0.2) is 41.2 Å². The molecule has 0 radical (unpaired) electrons. The lowest BCUT2D eigenvalue weighted by Crippen LogP contribution is -2.48. The van der Waals surface area contributed by atoms with Crippen molar-refractivity contribution in [2.75, 3.05) is 25.6 Å². The van der Waals surface area contributed by atoms with E-state index in [-0.39, 0.29) is 29.8 Å². The molecule has 0 bridgehead atoms. The van der Waals surface area contributed by atoms with E-state index >= 15 is 0 Å². The van der Waals surface area contributed by atoms with Crippen LogP contribution in [0.5, 0.6) is 5.88 Å². The number of methoxy groups -OCH3 is 1. The normalized spacial score (nSPS) is 14.1. The molecule has 4 rings (SSSR count). The van der Waals surface area contributed by atoms with Crippen LogP contribution in [0.1, 0.15) is 30.2 Å². The Morgan fingerprint density at radius 1 is 1.31 bits per heavy atom. The molecule has 0 saturated carbocycles. The average molecular weight is 501 g/mol. The molecule has 3 aromatic rings. The first kappa shape index (κ1) is 24.6. The number of benzene rings is 1. The molecule has 1 atom stereocenters. The van der Waals surface area contributed by atoms with E-state index in [4.69, 9.17) is 26.2 Å². The molecule has 9 nitrogen and oxygen atoms in total. The summed E-state index contributed by atoms with van der Waals surface area (Å²) in [6.07, 6.45) is 4.95. The third kappa shape index (κ3) is 4.96. The van der Waals surface area contributed by atoms with Crippen LogP contribution >= 0.6 is 12.2 Å². The van der Waals surface area contributed by atoms with Gasteiger partial charge >= 0.3 is 5.97 Å². The third-order valence-corrected chi connectivity index (χ3v) is 6.07. The van der Waals surface area contributed by atoms with Crippen molar-refractivity contribution in [1.82, 2.24) is 15.5 Å². The number of pyridine rings is 1. The van der Waals surface area contributed by atoms with Crippen molar-refractivity contribution in [1.29, 1.82) is 0 Å². The van der Waals surface area contributed by atoms with Gasteiger partial charge in [0.15, 0.2) is 5.11 Å². The van der Waals surface area contributed by atoms with Crippen LogP contribution in [0, 0.1) is 5.82 Å². The van der Waals surface area contributed by atoms with E-state index in [2.05, 4.69) is 20.8 Å². The highest BCUT2D eigenvalue weighted by atomic mass is 32.1. The number of rotatable bonds is 8. The van der Waals surface area contributed by atoms with Crippen molar-refractivity contribution in [3.05, 3.63) is 59.4 Å². The maximum absolute atomic E-state index is 14.9. The van der Waals surface area contributed by atoms with Crippen molar-refractivity contribution < 1.29 is 28.3 Å². The number of hydrogen-bond donors (Lipinski definition) is 3. The van der Waals surface area contributed by atoms with E-state index in [0.717, 1.165) is 12.0 Å². The Balaban J connectivity index is 1.63. The summed E-state index contributed by atoms with van der Waals surface area (Å²) >= 11 is 5.49. The summed E-state index contributed by atoms with van der Waals surface area (Å²) in [5.41, 5.74) is 1.26. The maximum atomic E-state index is 14.9. The van der Waals surface area contributed by atoms with Crippen LogP contribution in [-0.4, -0.2) is 46.6 Å². The number of halogens is 1. The summed E-state index contributed by atoms with van der Waals surface area (Å²) in [6.45, 7) is 1.37. The molecular formula is C24H25FN4O5S. The molecule has 1 aliphatic rings. The number of carbonyl (C=O) groups excluding carboxylic acids is 1. The second kappa shape index (κ2) is 10.4. The van der Waals surface area contributed by atoms with E-state index in [1.165, 1.54) is 25.5 Å². The fourth-order valence-corrected chi connectivity index (χ4v) is 4.27. The van der Waals surface area contributed by atoms with Crippen LogP contribution in [0.3, 0.4) is 0 Å². The standard InChI is InChI=1S/C24H25FN4O5S/c1-3-33-22(30)24(31,19-8-10-34-29-19)13-27-23(35)28-21-16-6-4-5-15(16)18(25)12-17(21)14-7-9-26-20(11-14)32-2/h7-12,31H,3-6,13H2,1-2H3,(H2,27,28,35). The first-order chi connectivity index (χ1) is 16.9. The lowest BCUT2D eigenvalue weighted by molar-refractivity contribution is -0.166. The van der Waals surface area contributed by atoms with Gasteiger partial charge in [-0.2, -0.15) is 0 Å². The minimum Gasteiger partial charge on any atom is -0.481 e. The van der Waals surface area contributed by atoms with Gasteiger partial charge in [0.05, 0.1) is 25.9 Å². The zero-order valence-corrected chi connectivity index (χ0v) is 20.1. The smallest absolute Gasteiger partial charge is 0.346 e. The fourth-order valence-electron chi connectivity index (χ4n) is 4.10. The van der Waals surface area contributed by atoms with Gasteiger partial charge in [-0.15, -0.1) is 0 Å². The zero-order chi connectivity index (χ0) is 25.0. The molecule has 1 unspecified atom stereocenters. The molecule has 1 aromatic carbocycles. The van der Waals surface area contributed by atoms with Crippen molar-refractivity contribution in [3.63, 3.8) is 0 Å². The largest absolute Gasteiger partial charge is 0.481 e. The molecular weight excluding hydrogens is 475 g/mol. The van der Waals surface area contributed by atoms with Crippen molar-refractivity contribution in [3.8, 4) is 17.0 Å². The van der Waals surface area contributed by atoms with E-state index < -0.39 is 11.6 Å².